The van der Waals surface area contributed by atoms with Gasteiger partial charge in [-0.15, -0.1) is 0 Å². The molecule has 0 spiro atoms. The van der Waals surface area contributed by atoms with Crippen LogP contribution in [0.4, 0.5) is 19.0 Å². The maximum Gasteiger partial charge on any atom is 0.405 e. The molecule has 0 bridgehead atoms. The van der Waals surface area contributed by atoms with Crippen molar-refractivity contribution in [3.05, 3.63) is 18.1 Å². The highest BCUT2D eigenvalue weighted by Crippen LogP contribution is 2.19. The number of aromatic carboxylic acids is 1. The lowest BCUT2D eigenvalue weighted by Crippen LogP contribution is -2.37. The Morgan fingerprint density at radius 2 is 2.00 bits per heavy atom. The molecule has 0 amide bonds. The fraction of sp³-hybridized carbons (Fsp3) is 0.444. The third-order valence-electron chi connectivity index (χ3n) is 1.92. The topological polar surface area (TPSA) is 86.5 Å². The Bertz CT molecular complexity index is 408. The molecule has 0 aliphatic rings. The minimum Gasteiger partial charge on any atom is -0.476 e. The summed E-state index contributed by atoms with van der Waals surface area (Å²) in [5, 5.41) is 17.3. The van der Waals surface area contributed by atoms with Crippen molar-refractivity contribution in [2.24, 2.45) is 0 Å². The van der Waals surface area contributed by atoms with Gasteiger partial charge in [0.2, 0.25) is 0 Å². The Hall–Kier alpha value is -1.90. The number of hydrogen-bond donors (Lipinski definition) is 2. The number of rotatable bonds is 5. The van der Waals surface area contributed by atoms with Crippen molar-refractivity contribution in [1.29, 1.82) is 0 Å². The largest absolute Gasteiger partial charge is 0.476 e. The van der Waals surface area contributed by atoms with Gasteiger partial charge in [0.05, 0.1) is 19.0 Å². The van der Waals surface area contributed by atoms with Crippen molar-refractivity contribution in [2.75, 3.05) is 24.6 Å². The van der Waals surface area contributed by atoms with Crippen LogP contribution in [-0.4, -0.2) is 52.0 Å². The number of anilines is 1. The first-order valence-electron chi connectivity index (χ1n) is 4.81. The van der Waals surface area contributed by atoms with Crippen molar-refractivity contribution in [3.63, 3.8) is 0 Å². The summed E-state index contributed by atoms with van der Waals surface area (Å²) in [6.07, 6.45) is -2.68. The zero-order chi connectivity index (χ0) is 13.8. The van der Waals surface area contributed by atoms with Gasteiger partial charge in [-0.2, -0.15) is 13.2 Å². The molecule has 1 aromatic rings. The number of carboxylic acids is 1. The molecule has 0 saturated carbocycles. The van der Waals surface area contributed by atoms with Crippen molar-refractivity contribution in [2.45, 2.75) is 6.18 Å². The maximum atomic E-state index is 12.3. The summed E-state index contributed by atoms with van der Waals surface area (Å²) in [4.78, 5) is 18.3. The molecule has 1 rings (SSSR count). The Morgan fingerprint density at radius 1 is 1.33 bits per heavy atom. The van der Waals surface area contributed by atoms with Gasteiger partial charge in [-0.1, -0.05) is 0 Å². The molecular weight excluding hydrogens is 255 g/mol. The predicted molar refractivity (Wildman–Crippen MR) is 54.3 cm³/mol. The average molecular weight is 265 g/mol. The van der Waals surface area contributed by atoms with Crippen LogP contribution in [0.25, 0.3) is 0 Å². The molecule has 0 aliphatic carbocycles. The van der Waals surface area contributed by atoms with E-state index in [1.807, 2.05) is 0 Å². The molecule has 1 aromatic heterocycles. The second kappa shape index (κ2) is 5.63. The summed E-state index contributed by atoms with van der Waals surface area (Å²) in [5.74, 6) is -1.47. The van der Waals surface area contributed by atoms with Crippen LogP contribution in [0.1, 0.15) is 10.5 Å². The van der Waals surface area contributed by atoms with Gasteiger partial charge in [-0.3, -0.25) is 0 Å². The molecule has 0 atom stereocenters. The van der Waals surface area contributed by atoms with Gasteiger partial charge in [0.1, 0.15) is 12.4 Å². The van der Waals surface area contributed by atoms with Crippen molar-refractivity contribution < 1.29 is 28.2 Å². The number of carbonyl (C=O) groups is 1. The maximum absolute atomic E-state index is 12.3. The fourth-order valence-corrected chi connectivity index (χ4v) is 1.21. The molecule has 0 aromatic carbocycles. The van der Waals surface area contributed by atoms with Crippen molar-refractivity contribution >= 4 is 11.8 Å². The number of alkyl halides is 3. The lowest BCUT2D eigenvalue weighted by atomic mass is 10.4. The van der Waals surface area contributed by atoms with E-state index in [0.29, 0.717) is 0 Å². The molecule has 100 valence electrons. The molecule has 18 heavy (non-hydrogen) atoms. The van der Waals surface area contributed by atoms with Crippen molar-refractivity contribution in [1.82, 2.24) is 9.97 Å². The molecule has 6 nitrogen and oxygen atoms in total. The summed E-state index contributed by atoms with van der Waals surface area (Å²) in [7, 11) is 0. The van der Waals surface area contributed by atoms with Gasteiger partial charge in [-0.05, 0) is 0 Å². The quantitative estimate of drug-likeness (QED) is 0.807. The normalized spacial score (nSPS) is 11.3. The summed E-state index contributed by atoms with van der Waals surface area (Å²) in [6, 6.07) is 0. The summed E-state index contributed by atoms with van der Waals surface area (Å²) in [5.41, 5.74) is -0.366. The number of aliphatic hydroxyl groups excluding tert-OH is 1. The lowest BCUT2D eigenvalue weighted by Gasteiger charge is -2.23. The van der Waals surface area contributed by atoms with Crippen LogP contribution in [0.15, 0.2) is 12.4 Å². The lowest BCUT2D eigenvalue weighted by molar-refractivity contribution is -0.120. The number of aliphatic hydroxyl groups is 1. The van der Waals surface area contributed by atoms with E-state index >= 15 is 0 Å². The average Bonchev–Trinajstić information content (AvgIpc) is 2.27. The molecule has 0 radical (unpaired) electrons. The van der Waals surface area contributed by atoms with Crippen molar-refractivity contribution in [3.8, 4) is 0 Å². The highest BCUT2D eigenvalue weighted by atomic mass is 19.4. The molecule has 1 heterocycles. The molecule has 0 fully saturated rings. The Morgan fingerprint density at radius 3 is 2.39 bits per heavy atom. The van der Waals surface area contributed by atoms with Gasteiger partial charge >= 0.3 is 12.1 Å². The first-order valence-corrected chi connectivity index (χ1v) is 4.81. The monoisotopic (exact) mass is 265 g/mol. The van der Waals surface area contributed by atoms with Gasteiger partial charge in [0.15, 0.2) is 5.69 Å². The zero-order valence-electron chi connectivity index (χ0n) is 9.05. The number of halogens is 3. The first kappa shape index (κ1) is 14.2. The summed E-state index contributed by atoms with van der Waals surface area (Å²) in [6.45, 7) is -2.06. The SMILES string of the molecule is O=C(O)c1cnc(N(CCO)CC(F)(F)F)cn1. The van der Waals surface area contributed by atoms with E-state index in [2.05, 4.69) is 9.97 Å². The second-order valence-electron chi connectivity index (χ2n) is 3.33. The van der Waals surface area contributed by atoms with Crippen LogP contribution in [0.3, 0.4) is 0 Å². The van der Waals surface area contributed by atoms with E-state index in [-0.39, 0.29) is 18.1 Å². The molecule has 2 N–H and O–H groups in total. The Kier molecular flexibility index (Phi) is 4.43. The predicted octanol–water partition coefficient (Wildman–Crippen LogP) is 0.536. The first-order chi connectivity index (χ1) is 8.33. The summed E-state index contributed by atoms with van der Waals surface area (Å²) >= 11 is 0. The third kappa shape index (κ3) is 4.17. The van der Waals surface area contributed by atoms with Crippen LogP contribution < -0.4 is 4.90 Å². The van der Waals surface area contributed by atoms with Gasteiger partial charge in [0, 0.05) is 6.54 Å². The Labute approximate surface area is 99.7 Å². The van der Waals surface area contributed by atoms with Crippen LogP contribution in [0.5, 0.6) is 0 Å². The molecule has 0 aliphatic heterocycles. The van der Waals surface area contributed by atoms with E-state index in [0.717, 1.165) is 17.3 Å². The molecule has 0 saturated heterocycles. The number of carboxylic acid groups (broad SMARTS) is 1. The highest BCUT2D eigenvalue weighted by Gasteiger charge is 2.31. The van der Waals surface area contributed by atoms with Crippen LogP contribution in [0.2, 0.25) is 0 Å². The molecule has 9 heteroatoms. The van der Waals surface area contributed by atoms with Crippen LogP contribution in [-0.2, 0) is 0 Å². The molecule has 0 unspecified atom stereocenters. The van der Waals surface area contributed by atoms with Gasteiger partial charge < -0.3 is 15.1 Å². The van der Waals surface area contributed by atoms with Crippen LogP contribution >= 0.6 is 0 Å². The number of nitrogens with zero attached hydrogens (tertiary/aromatic N) is 3. The van der Waals surface area contributed by atoms with Gasteiger partial charge in [0.25, 0.3) is 0 Å². The second-order valence-corrected chi connectivity index (χ2v) is 3.33. The molecular formula is C9H10F3N3O3. The minimum atomic E-state index is -4.46. The number of hydrogen-bond acceptors (Lipinski definition) is 5. The summed E-state index contributed by atoms with van der Waals surface area (Å²) < 4.78 is 36.8. The minimum absolute atomic E-state index is 0.147. The highest BCUT2D eigenvalue weighted by molar-refractivity contribution is 5.84. The van der Waals surface area contributed by atoms with E-state index in [1.54, 1.807) is 0 Å². The smallest absolute Gasteiger partial charge is 0.405 e. The zero-order valence-corrected chi connectivity index (χ0v) is 9.05. The van der Waals surface area contributed by atoms with E-state index in [9.17, 15) is 18.0 Å². The fourth-order valence-electron chi connectivity index (χ4n) is 1.21. The van der Waals surface area contributed by atoms with E-state index < -0.39 is 25.3 Å². The standard InChI is InChI=1S/C9H10F3N3O3/c10-9(11,12)5-15(1-2-16)7-4-13-6(3-14-7)8(17)18/h3-4,16H,1-2,5H2,(H,17,18). The Balaban J connectivity index is 2.88. The number of aromatic nitrogens is 2. The van der Waals surface area contributed by atoms with E-state index in [1.165, 1.54) is 0 Å². The van der Waals surface area contributed by atoms with Gasteiger partial charge in [-0.25, -0.2) is 14.8 Å². The van der Waals surface area contributed by atoms with Crippen LogP contribution in [0, 0.1) is 0 Å². The third-order valence-corrected chi connectivity index (χ3v) is 1.92. The van der Waals surface area contributed by atoms with E-state index in [4.69, 9.17) is 10.2 Å².